The lowest BCUT2D eigenvalue weighted by molar-refractivity contribution is 0.541. The van der Waals surface area contributed by atoms with Crippen LogP contribution in [0.4, 0.5) is 0 Å². The lowest BCUT2D eigenvalue weighted by Crippen LogP contribution is -1.77. The van der Waals surface area contributed by atoms with Crippen molar-refractivity contribution in [3.8, 4) is 11.5 Å². The van der Waals surface area contributed by atoms with E-state index in [2.05, 4.69) is 11.9 Å². The molecule has 2 rings (SSSR count). The molecule has 1 aromatic heterocycles. The van der Waals surface area contributed by atoms with Crippen LogP contribution in [0.15, 0.2) is 28.7 Å². The molecule has 3 heteroatoms. The van der Waals surface area contributed by atoms with Crippen LogP contribution in [0, 0.1) is 13.8 Å². The Morgan fingerprint density at radius 2 is 2.21 bits per heavy atom. The van der Waals surface area contributed by atoms with Crippen LogP contribution in [0.1, 0.15) is 11.5 Å². The Kier molecular flexibility index (Phi) is 2.30. The zero-order chi connectivity index (χ0) is 10.1. The van der Waals surface area contributed by atoms with Crippen molar-refractivity contribution in [3.05, 3.63) is 47.7 Å². The Bertz CT molecular complexity index is 443. The van der Waals surface area contributed by atoms with Gasteiger partial charge < -0.3 is 4.42 Å². The minimum absolute atomic E-state index is 0.565. The minimum atomic E-state index is 0.565. The molecule has 0 aliphatic heterocycles. The fourth-order valence-electron chi connectivity index (χ4n) is 1.17. The molecule has 0 spiro atoms. The summed E-state index contributed by atoms with van der Waals surface area (Å²) in [5.41, 5.74) is 1.54. The maximum atomic E-state index is 5.86. The minimum Gasteiger partial charge on any atom is -0.441 e. The lowest BCUT2D eigenvalue weighted by Gasteiger charge is -1.94. The lowest BCUT2D eigenvalue weighted by atomic mass is 10.2. The third-order valence-corrected chi connectivity index (χ3v) is 2.20. The van der Waals surface area contributed by atoms with E-state index in [9.17, 15) is 0 Å². The molecule has 0 bridgehead atoms. The van der Waals surface area contributed by atoms with Crippen molar-refractivity contribution in [2.75, 3.05) is 0 Å². The summed E-state index contributed by atoms with van der Waals surface area (Å²) in [6.07, 6.45) is 0. The number of oxazole rings is 1. The molecular weight excluding hydrogens is 198 g/mol. The van der Waals surface area contributed by atoms with Gasteiger partial charge in [-0.2, -0.15) is 0 Å². The fraction of sp³-hybridized carbons (Fsp3) is 0.0909. The molecule has 0 saturated carbocycles. The van der Waals surface area contributed by atoms with Crippen molar-refractivity contribution in [2.45, 2.75) is 6.92 Å². The van der Waals surface area contributed by atoms with Crippen molar-refractivity contribution < 1.29 is 4.42 Å². The zero-order valence-electron chi connectivity index (χ0n) is 7.75. The molecule has 0 saturated heterocycles. The summed E-state index contributed by atoms with van der Waals surface area (Å²) in [4.78, 5) is 4.19. The molecule has 0 fully saturated rings. The van der Waals surface area contributed by atoms with E-state index in [-0.39, 0.29) is 0 Å². The van der Waals surface area contributed by atoms with Gasteiger partial charge in [0.15, 0.2) is 0 Å². The van der Waals surface area contributed by atoms with Crippen molar-refractivity contribution >= 4 is 11.6 Å². The number of nitrogens with zero attached hydrogens (tertiary/aromatic N) is 1. The summed E-state index contributed by atoms with van der Waals surface area (Å²) < 4.78 is 5.42. The van der Waals surface area contributed by atoms with E-state index in [0.29, 0.717) is 16.6 Å². The molecule has 14 heavy (non-hydrogen) atoms. The van der Waals surface area contributed by atoms with Crippen LogP contribution < -0.4 is 0 Å². The van der Waals surface area contributed by atoms with Gasteiger partial charge in [-0.05, 0) is 32.0 Å². The van der Waals surface area contributed by atoms with Gasteiger partial charge in [-0.3, -0.25) is 0 Å². The number of aryl methyl sites for hydroxylation is 1. The normalized spacial score (nSPS) is 10.5. The van der Waals surface area contributed by atoms with E-state index in [1.54, 1.807) is 0 Å². The van der Waals surface area contributed by atoms with E-state index in [4.69, 9.17) is 16.0 Å². The van der Waals surface area contributed by atoms with Gasteiger partial charge in [0.05, 0.1) is 5.69 Å². The summed E-state index contributed by atoms with van der Waals surface area (Å²) in [6.45, 7) is 5.59. The van der Waals surface area contributed by atoms with Gasteiger partial charge in [0.25, 0.3) is 0 Å². The Morgan fingerprint density at radius 1 is 1.43 bits per heavy atom. The molecule has 0 N–H and O–H groups in total. The van der Waals surface area contributed by atoms with Gasteiger partial charge in [0.2, 0.25) is 5.89 Å². The van der Waals surface area contributed by atoms with Crippen LogP contribution >= 0.6 is 11.6 Å². The van der Waals surface area contributed by atoms with Crippen LogP contribution in [0.3, 0.4) is 0 Å². The SMILES string of the molecule is [CH2]c1nc(-c2cccc(Cl)c2)oc1C. The maximum Gasteiger partial charge on any atom is 0.226 e. The summed E-state index contributed by atoms with van der Waals surface area (Å²) >= 11 is 5.86. The number of hydrogen-bond donors (Lipinski definition) is 0. The van der Waals surface area contributed by atoms with Crippen LogP contribution in [-0.4, -0.2) is 4.98 Å². The first-order chi connectivity index (χ1) is 6.66. The Balaban J connectivity index is 2.49. The van der Waals surface area contributed by atoms with E-state index in [0.717, 1.165) is 11.3 Å². The molecule has 1 heterocycles. The van der Waals surface area contributed by atoms with Gasteiger partial charge in [0, 0.05) is 10.6 Å². The average molecular weight is 207 g/mol. The quantitative estimate of drug-likeness (QED) is 0.714. The van der Waals surface area contributed by atoms with Gasteiger partial charge in [-0.15, -0.1) is 0 Å². The summed E-state index contributed by atoms with van der Waals surface area (Å²) in [5.74, 6) is 1.30. The number of rotatable bonds is 1. The van der Waals surface area contributed by atoms with Crippen LogP contribution in [-0.2, 0) is 0 Å². The van der Waals surface area contributed by atoms with Gasteiger partial charge in [0.1, 0.15) is 5.76 Å². The maximum absolute atomic E-state index is 5.86. The Labute approximate surface area is 87.5 Å². The predicted octanol–water partition coefficient (Wildman–Crippen LogP) is 3.49. The second kappa shape index (κ2) is 3.46. The highest BCUT2D eigenvalue weighted by molar-refractivity contribution is 6.30. The van der Waals surface area contributed by atoms with E-state index in [1.165, 1.54) is 0 Å². The summed E-state index contributed by atoms with van der Waals surface area (Å²) in [7, 11) is 0. The molecule has 0 aliphatic rings. The van der Waals surface area contributed by atoms with Gasteiger partial charge in [-0.1, -0.05) is 17.7 Å². The van der Waals surface area contributed by atoms with E-state index >= 15 is 0 Å². The standard InChI is InChI=1S/C11H9ClNO/c1-7-8(2)14-11(13-7)9-4-3-5-10(12)6-9/h3-6H,1H2,2H3. The van der Waals surface area contributed by atoms with E-state index in [1.807, 2.05) is 31.2 Å². The highest BCUT2D eigenvalue weighted by Gasteiger charge is 2.07. The Morgan fingerprint density at radius 3 is 2.79 bits per heavy atom. The number of benzene rings is 1. The topological polar surface area (TPSA) is 26.0 Å². The predicted molar refractivity (Wildman–Crippen MR) is 56.1 cm³/mol. The number of aromatic nitrogens is 1. The van der Waals surface area contributed by atoms with Crippen molar-refractivity contribution in [2.24, 2.45) is 0 Å². The van der Waals surface area contributed by atoms with Gasteiger partial charge in [-0.25, -0.2) is 4.98 Å². The molecular formula is C11H9ClNO. The van der Waals surface area contributed by atoms with Crippen molar-refractivity contribution in [1.29, 1.82) is 0 Å². The van der Waals surface area contributed by atoms with Crippen molar-refractivity contribution in [3.63, 3.8) is 0 Å². The molecule has 0 amide bonds. The molecule has 0 atom stereocenters. The highest BCUT2D eigenvalue weighted by Crippen LogP contribution is 2.23. The summed E-state index contributed by atoms with van der Waals surface area (Å²) in [5, 5.41) is 0.670. The number of halogens is 1. The molecule has 0 aliphatic carbocycles. The van der Waals surface area contributed by atoms with Crippen LogP contribution in [0.5, 0.6) is 0 Å². The largest absolute Gasteiger partial charge is 0.441 e. The Hall–Kier alpha value is -1.28. The first kappa shape index (κ1) is 9.28. The first-order valence-corrected chi connectivity index (χ1v) is 4.60. The fourth-order valence-corrected chi connectivity index (χ4v) is 1.36. The summed E-state index contributed by atoms with van der Waals surface area (Å²) in [6, 6.07) is 7.38. The molecule has 2 nitrogen and oxygen atoms in total. The number of hydrogen-bond acceptors (Lipinski definition) is 2. The second-order valence-electron chi connectivity index (χ2n) is 3.03. The zero-order valence-corrected chi connectivity index (χ0v) is 8.51. The third-order valence-electron chi connectivity index (χ3n) is 1.96. The monoisotopic (exact) mass is 206 g/mol. The molecule has 1 aromatic carbocycles. The van der Waals surface area contributed by atoms with Crippen LogP contribution in [0.2, 0.25) is 5.02 Å². The molecule has 1 radical (unpaired) electrons. The molecule has 71 valence electrons. The van der Waals surface area contributed by atoms with Gasteiger partial charge >= 0.3 is 0 Å². The average Bonchev–Trinajstić information content (AvgIpc) is 2.47. The third kappa shape index (κ3) is 1.66. The van der Waals surface area contributed by atoms with Crippen molar-refractivity contribution in [1.82, 2.24) is 4.98 Å². The van der Waals surface area contributed by atoms with Crippen LogP contribution in [0.25, 0.3) is 11.5 Å². The first-order valence-electron chi connectivity index (χ1n) is 4.22. The molecule has 2 aromatic rings. The smallest absolute Gasteiger partial charge is 0.226 e. The molecule has 0 unspecified atom stereocenters. The second-order valence-corrected chi connectivity index (χ2v) is 3.47. The van der Waals surface area contributed by atoms with E-state index < -0.39 is 0 Å². The highest BCUT2D eigenvalue weighted by atomic mass is 35.5.